The molecule has 1 aromatic carbocycles. The van der Waals surface area contributed by atoms with E-state index in [0.29, 0.717) is 10.6 Å². The van der Waals surface area contributed by atoms with Crippen LogP contribution in [-0.4, -0.2) is 39.9 Å². The van der Waals surface area contributed by atoms with E-state index < -0.39 is 10.0 Å². The normalized spacial score (nSPS) is 11.7. The van der Waals surface area contributed by atoms with Crippen molar-refractivity contribution in [1.82, 2.24) is 4.72 Å². The summed E-state index contributed by atoms with van der Waals surface area (Å²) in [6, 6.07) is 4.60. The first-order valence-corrected chi connectivity index (χ1v) is 7.28. The highest BCUT2D eigenvalue weighted by molar-refractivity contribution is 7.89. The Kier molecular flexibility index (Phi) is 6.04. The van der Waals surface area contributed by atoms with Gasteiger partial charge < -0.3 is 9.84 Å². The average Bonchev–Trinajstić information content (AvgIpc) is 2.28. The van der Waals surface area contributed by atoms with Crippen LogP contribution in [0.4, 0.5) is 0 Å². The van der Waals surface area contributed by atoms with Gasteiger partial charge in [-0.25, -0.2) is 13.1 Å². The Balaban J connectivity index is 2.63. The highest BCUT2D eigenvalue weighted by atomic mass is 35.5. The summed E-state index contributed by atoms with van der Waals surface area (Å²) in [7, 11) is -3.55. The van der Waals surface area contributed by atoms with Gasteiger partial charge in [-0.1, -0.05) is 11.6 Å². The van der Waals surface area contributed by atoms with Crippen LogP contribution in [0.25, 0.3) is 0 Å². The summed E-state index contributed by atoms with van der Waals surface area (Å²) in [5, 5.41) is 8.99. The first kappa shape index (κ1) is 15.4. The third kappa shape index (κ3) is 4.55. The van der Waals surface area contributed by atoms with Crippen molar-refractivity contribution in [2.45, 2.75) is 11.8 Å². The molecular weight excluding hydrogens is 278 g/mol. The topological polar surface area (TPSA) is 75.6 Å². The molecule has 5 nitrogen and oxygen atoms in total. The Morgan fingerprint density at radius 1 is 1.39 bits per heavy atom. The summed E-state index contributed by atoms with van der Waals surface area (Å²) >= 11 is 5.77. The van der Waals surface area contributed by atoms with Gasteiger partial charge in [-0.3, -0.25) is 0 Å². The lowest BCUT2D eigenvalue weighted by Crippen LogP contribution is -2.28. The van der Waals surface area contributed by atoms with E-state index >= 15 is 0 Å². The molecule has 0 saturated carbocycles. The Bertz CT molecular complexity index is 490. The van der Waals surface area contributed by atoms with Crippen LogP contribution in [0.1, 0.15) is 5.56 Å². The molecule has 0 saturated heterocycles. The quantitative estimate of drug-likeness (QED) is 0.734. The minimum Gasteiger partial charge on any atom is -0.394 e. The van der Waals surface area contributed by atoms with Crippen LogP contribution in [0, 0.1) is 6.92 Å². The molecule has 0 heterocycles. The van der Waals surface area contributed by atoms with Gasteiger partial charge in [0.1, 0.15) is 0 Å². The molecule has 102 valence electrons. The molecular formula is C11H16ClNO4S. The van der Waals surface area contributed by atoms with E-state index in [1.165, 1.54) is 12.1 Å². The zero-order valence-corrected chi connectivity index (χ0v) is 11.6. The maximum Gasteiger partial charge on any atom is 0.240 e. The second-order valence-corrected chi connectivity index (χ2v) is 5.82. The van der Waals surface area contributed by atoms with Crippen LogP contribution in [-0.2, 0) is 14.8 Å². The lowest BCUT2D eigenvalue weighted by atomic mass is 10.2. The minimum absolute atomic E-state index is 0.0803. The third-order valence-electron chi connectivity index (χ3n) is 2.20. The number of rotatable bonds is 7. The highest BCUT2D eigenvalue weighted by Gasteiger charge is 2.15. The number of hydrogen-bond donors (Lipinski definition) is 2. The fourth-order valence-electron chi connectivity index (χ4n) is 1.41. The molecule has 0 fully saturated rings. The molecule has 7 heteroatoms. The van der Waals surface area contributed by atoms with Crippen molar-refractivity contribution in [3.05, 3.63) is 28.8 Å². The number of aliphatic hydroxyl groups is 1. The molecule has 18 heavy (non-hydrogen) atoms. The van der Waals surface area contributed by atoms with Crippen LogP contribution in [0.15, 0.2) is 23.1 Å². The summed E-state index contributed by atoms with van der Waals surface area (Å²) < 4.78 is 31.3. The van der Waals surface area contributed by atoms with Gasteiger partial charge in [-0.2, -0.15) is 0 Å². The van der Waals surface area contributed by atoms with Gasteiger partial charge in [0.25, 0.3) is 0 Å². The van der Waals surface area contributed by atoms with Crippen LogP contribution in [0.5, 0.6) is 0 Å². The lowest BCUT2D eigenvalue weighted by Gasteiger charge is -2.09. The van der Waals surface area contributed by atoms with Gasteiger partial charge >= 0.3 is 0 Å². The molecule has 1 aromatic rings. The van der Waals surface area contributed by atoms with Gasteiger partial charge in [0.05, 0.1) is 24.7 Å². The van der Waals surface area contributed by atoms with Crippen molar-refractivity contribution in [3.63, 3.8) is 0 Å². The van der Waals surface area contributed by atoms with Crippen LogP contribution in [0.3, 0.4) is 0 Å². The first-order valence-electron chi connectivity index (χ1n) is 5.42. The van der Waals surface area contributed by atoms with Gasteiger partial charge in [0, 0.05) is 11.6 Å². The predicted octanol–water partition coefficient (Wildman–Crippen LogP) is 0.936. The van der Waals surface area contributed by atoms with Crippen molar-refractivity contribution >= 4 is 21.6 Å². The number of hydrogen-bond acceptors (Lipinski definition) is 4. The molecule has 0 bridgehead atoms. The van der Waals surface area contributed by atoms with E-state index in [9.17, 15) is 8.42 Å². The van der Waals surface area contributed by atoms with Gasteiger partial charge in [-0.15, -0.1) is 0 Å². The van der Waals surface area contributed by atoms with Crippen molar-refractivity contribution < 1.29 is 18.3 Å². The van der Waals surface area contributed by atoms with E-state index in [1.54, 1.807) is 13.0 Å². The van der Waals surface area contributed by atoms with E-state index in [4.69, 9.17) is 21.4 Å². The summed E-state index contributed by atoms with van der Waals surface area (Å²) in [6.07, 6.45) is 0. The average molecular weight is 294 g/mol. The zero-order valence-electron chi connectivity index (χ0n) is 10.0. The summed E-state index contributed by atoms with van der Waals surface area (Å²) in [5.41, 5.74) is 0.589. The van der Waals surface area contributed by atoms with E-state index in [-0.39, 0.29) is 31.3 Å². The molecule has 0 atom stereocenters. The molecule has 0 spiro atoms. The third-order valence-corrected chi connectivity index (χ3v) is 4.06. The van der Waals surface area contributed by atoms with Crippen LogP contribution in [0.2, 0.25) is 5.02 Å². The maximum absolute atomic E-state index is 11.9. The molecule has 0 radical (unpaired) electrons. The van der Waals surface area contributed by atoms with Crippen LogP contribution >= 0.6 is 11.6 Å². The molecule has 0 aliphatic rings. The largest absolute Gasteiger partial charge is 0.394 e. The van der Waals surface area contributed by atoms with Gasteiger partial charge in [-0.05, 0) is 30.7 Å². The molecule has 0 unspecified atom stereocenters. The number of aryl methyl sites for hydroxylation is 1. The molecule has 1 rings (SSSR count). The van der Waals surface area contributed by atoms with E-state index in [2.05, 4.69) is 4.72 Å². The summed E-state index contributed by atoms with van der Waals surface area (Å²) in [5.74, 6) is 0. The molecule has 0 aliphatic carbocycles. The van der Waals surface area contributed by atoms with E-state index in [1.807, 2.05) is 0 Å². The van der Waals surface area contributed by atoms with Crippen LogP contribution < -0.4 is 4.72 Å². The zero-order chi connectivity index (χ0) is 13.6. The predicted molar refractivity (Wildman–Crippen MR) is 69.3 cm³/mol. The lowest BCUT2D eigenvalue weighted by molar-refractivity contribution is 0.0961. The standard InChI is InChI=1S/C11H16ClNO4S/c1-9-8-10(12)2-3-11(9)18(15,16)13-4-6-17-7-5-14/h2-3,8,13-14H,4-7H2,1H3. The maximum atomic E-state index is 11.9. The SMILES string of the molecule is Cc1cc(Cl)ccc1S(=O)(=O)NCCOCCO. The van der Waals surface area contributed by atoms with Crippen molar-refractivity contribution in [3.8, 4) is 0 Å². The second kappa shape index (κ2) is 7.06. The Morgan fingerprint density at radius 3 is 2.72 bits per heavy atom. The smallest absolute Gasteiger partial charge is 0.240 e. The van der Waals surface area contributed by atoms with Gasteiger partial charge in [0.2, 0.25) is 10.0 Å². The monoisotopic (exact) mass is 293 g/mol. The number of ether oxygens (including phenoxy) is 1. The fourth-order valence-corrected chi connectivity index (χ4v) is 2.87. The fraction of sp³-hybridized carbons (Fsp3) is 0.455. The van der Waals surface area contributed by atoms with Crippen molar-refractivity contribution in [2.75, 3.05) is 26.4 Å². The Morgan fingerprint density at radius 2 is 2.11 bits per heavy atom. The minimum atomic E-state index is -3.55. The molecule has 0 aliphatic heterocycles. The highest BCUT2D eigenvalue weighted by Crippen LogP contribution is 2.19. The van der Waals surface area contributed by atoms with E-state index in [0.717, 1.165) is 0 Å². The first-order chi connectivity index (χ1) is 8.47. The number of aliphatic hydroxyl groups excluding tert-OH is 1. The Hall–Kier alpha value is -0.660. The van der Waals surface area contributed by atoms with Crippen molar-refractivity contribution in [2.24, 2.45) is 0 Å². The Labute approximate surface area is 112 Å². The molecule has 0 amide bonds. The number of nitrogens with one attached hydrogen (secondary N) is 1. The summed E-state index contributed by atoms with van der Waals surface area (Å²) in [6.45, 7) is 2.17. The second-order valence-electron chi connectivity index (χ2n) is 3.64. The number of halogens is 1. The summed E-state index contributed by atoms with van der Waals surface area (Å²) in [4.78, 5) is 0.203. The number of sulfonamides is 1. The van der Waals surface area contributed by atoms with Gasteiger partial charge in [0.15, 0.2) is 0 Å². The van der Waals surface area contributed by atoms with Crippen molar-refractivity contribution in [1.29, 1.82) is 0 Å². The number of benzene rings is 1. The molecule has 2 N–H and O–H groups in total. The molecule has 0 aromatic heterocycles.